The van der Waals surface area contributed by atoms with Gasteiger partial charge < -0.3 is 24.3 Å². The fourth-order valence-electron chi connectivity index (χ4n) is 4.31. The molecule has 0 saturated heterocycles. The van der Waals surface area contributed by atoms with Gasteiger partial charge in [-0.15, -0.1) is 10.2 Å². The number of nitrogens with one attached hydrogen (secondary N) is 1. The number of hydrogen-bond donors (Lipinski definition) is 2. The number of anilines is 2. The van der Waals surface area contributed by atoms with Crippen molar-refractivity contribution in [2.24, 2.45) is 20.5 Å². The summed E-state index contributed by atoms with van der Waals surface area (Å²) in [7, 11) is -8.33. The topological polar surface area (TPSA) is 205 Å². The van der Waals surface area contributed by atoms with E-state index < -0.39 is 41.5 Å². The Labute approximate surface area is 314 Å². The Kier molecular flexibility index (Phi) is 12.8. The summed E-state index contributed by atoms with van der Waals surface area (Å²) < 4.78 is 75.5. The first-order chi connectivity index (χ1) is 21.3. The van der Waals surface area contributed by atoms with E-state index >= 15 is 0 Å². The molecule has 0 fully saturated rings. The van der Waals surface area contributed by atoms with E-state index in [0.29, 0.717) is 16.9 Å². The first kappa shape index (κ1) is 38.2. The number of nitrogens with zero attached hydrogens (tertiary/aromatic N) is 4. The van der Waals surface area contributed by atoms with Gasteiger partial charge >= 0.3 is 59.1 Å². The first-order valence-corrected chi connectivity index (χ1v) is 15.8. The van der Waals surface area contributed by atoms with Crippen LogP contribution in [0.3, 0.4) is 0 Å². The number of fused-ring (bicyclic) bond motifs is 1. The number of phenolic OH excluding ortho intramolecular Hbond substituents is 1. The van der Waals surface area contributed by atoms with E-state index in [4.69, 9.17) is 4.74 Å². The van der Waals surface area contributed by atoms with Gasteiger partial charge in [-0.1, -0.05) is 18.2 Å². The number of para-hydroxylation sites is 1. The molecule has 5 aromatic rings. The fraction of sp³-hybridized carbons (Fsp3) is 0.0667. The maximum atomic E-state index is 12.2. The summed E-state index contributed by atoms with van der Waals surface area (Å²) in [6.07, 6.45) is 0. The molecule has 5 rings (SSSR count). The van der Waals surface area contributed by atoms with Gasteiger partial charge in [-0.05, 0) is 84.6 Å². The Hall–Kier alpha value is -3.22. The monoisotopic (exact) mass is 691 g/mol. The summed E-state index contributed by atoms with van der Waals surface area (Å²) in [5.41, 5.74) is 2.16. The SMILES string of the molecule is COc1cc(N=Nc2ccc(S(=O)(=O)[O-])cc2)c(C)cc1N=Nc1c(S(=O)(=O)[O-])cc2cc(Nc3ccccc3)ccc2c1O.[Na+].[Na+]. The molecular formula is C30H23N5Na2O8S2. The second kappa shape index (κ2) is 15.8. The van der Waals surface area contributed by atoms with Crippen LogP contribution in [-0.2, 0) is 20.2 Å². The minimum Gasteiger partial charge on any atom is -0.744 e. The molecule has 13 nitrogen and oxygen atoms in total. The fourth-order valence-corrected chi connectivity index (χ4v) is 5.43. The molecule has 0 aliphatic rings. The standard InChI is InChI=1S/C30H25N5O8S2.2Na/c1-18-14-26(27(43-2)17-25(18)33-32-21-8-11-23(12-9-21)44(37,38)39)34-35-29-28(45(40,41)42)16-19-15-22(10-13-24(19)30(29)36)31-20-6-4-3-5-7-20;;/h3-17,31,36H,1-2H3,(H,37,38,39)(H,40,41,42);;/q;2*+1/p-2. The summed E-state index contributed by atoms with van der Waals surface area (Å²) >= 11 is 0. The third-order valence-electron chi connectivity index (χ3n) is 6.54. The van der Waals surface area contributed by atoms with Crippen LogP contribution in [0.5, 0.6) is 11.5 Å². The van der Waals surface area contributed by atoms with Gasteiger partial charge in [0.2, 0.25) is 0 Å². The number of methoxy groups -OCH3 is 1. The van der Waals surface area contributed by atoms with Crippen LogP contribution in [0.25, 0.3) is 10.8 Å². The molecule has 230 valence electrons. The van der Waals surface area contributed by atoms with Gasteiger partial charge in [0.05, 0.1) is 28.3 Å². The second-order valence-electron chi connectivity index (χ2n) is 9.61. The molecule has 5 aromatic carbocycles. The average Bonchev–Trinajstić information content (AvgIpc) is 2.99. The summed E-state index contributed by atoms with van der Waals surface area (Å²) in [5.74, 6) is -0.386. The molecule has 17 heteroatoms. The first-order valence-electron chi connectivity index (χ1n) is 13.0. The Morgan fingerprint density at radius 3 is 2.00 bits per heavy atom. The van der Waals surface area contributed by atoms with Crippen LogP contribution in [0.15, 0.2) is 121 Å². The minimum absolute atomic E-state index is 0. The molecule has 0 aromatic heterocycles. The van der Waals surface area contributed by atoms with E-state index in [1.165, 1.54) is 31.4 Å². The zero-order chi connectivity index (χ0) is 32.4. The Morgan fingerprint density at radius 2 is 1.38 bits per heavy atom. The normalized spacial score (nSPS) is 11.7. The third-order valence-corrected chi connectivity index (χ3v) is 8.24. The molecule has 0 heterocycles. The van der Waals surface area contributed by atoms with Crippen molar-refractivity contribution in [3.8, 4) is 11.5 Å². The second-order valence-corrected chi connectivity index (χ2v) is 12.3. The van der Waals surface area contributed by atoms with E-state index in [1.807, 2.05) is 30.3 Å². The van der Waals surface area contributed by atoms with Gasteiger partial charge in [0.15, 0.2) is 5.75 Å². The molecule has 0 bridgehead atoms. The number of rotatable bonds is 9. The molecule has 0 atom stereocenters. The van der Waals surface area contributed by atoms with Gasteiger partial charge in [0.25, 0.3) is 0 Å². The summed E-state index contributed by atoms with van der Waals surface area (Å²) in [6.45, 7) is 1.68. The van der Waals surface area contributed by atoms with Crippen LogP contribution in [0.4, 0.5) is 34.1 Å². The number of phenols is 1. The zero-order valence-corrected chi connectivity index (χ0v) is 31.2. The molecule has 0 spiro atoms. The maximum Gasteiger partial charge on any atom is 1.00 e. The van der Waals surface area contributed by atoms with E-state index in [1.54, 1.807) is 25.1 Å². The van der Waals surface area contributed by atoms with E-state index in [0.717, 1.165) is 23.9 Å². The predicted octanol–water partition coefficient (Wildman–Crippen LogP) is 1.25. The van der Waals surface area contributed by atoms with Crippen molar-refractivity contribution in [1.82, 2.24) is 0 Å². The van der Waals surface area contributed by atoms with Crippen LogP contribution in [-0.4, -0.2) is 38.2 Å². The smallest absolute Gasteiger partial charge is 0.744 e. The average molecular weight is 692 g/mol. The third kappa shape index (κ3) is 9.23. The Morgan fingerprint density at radius 1 is 0.723 bits per heavy atom. The van der Waals surface area contributed by atoms with Gasteiger partial charge in [0.1, 0.15) is 37.4 Å². The van der Waals surface area contributed by atoms with Crippen LogP contribution < -0.4 is 69.2 Å². The van der Waals surface area contributed by atoms with Crippen LogP contribution in [0.1, 0.15) is 5.56 Å². The largest absolute Gasteiger partial charge is 1.00 e. The zero-order valence-electron chi connectivity index (χ0n) is 25.6. The van der Waals surface area contributed by atoms with Crippen molar-refractivity contribution in [3.63, 3.8) is 0 Å². The number of aromatic hydroxyl groups is 1. The van der Waals surface area contributed by atoms with Crippen LogP contribution >= 0.6 is 0 Å². The van der Waals surface area contributed by atoms with Crippen molar-refractivity contribution in [1.29, 1.82) is 0 Å². The molecule has 0 aliphatic carbocycles. The molecule has 0 amide bonds. The van der Waals surface area contributed by atoms with Crippen molar-refractivity contribution < 1.29 is 94.9 Å². The van der Waals surface area contributed by atoms with Gasteiger partial charge in [-0.2, -0.15) is 10.2 Å². The van der Waals surface area contributed by atoms with Crippen molar-refractivity contribution in [3.05, 3.63) is 96.6 Å². The number of azo groups is 2. The van der Waals surface area contributed by atoms with E-state index in [9.17, 15) is 31.0 Å². The molecular weight excluding hydrogens is 668 g/mol. The summed E-state index contributed by atoms with van der Waals surface area (Å²) in [4.78, 5) is -1.16. The van der Waals surface area contributed by atoms with Crippen molar-refractivity contribution >= 4 is 65.1 Å². The number of aryl methyl sites for hydroxylation is 1. The predicted molar refractivity (Wildman–Crippen MR) is 164 cm³/mol. The molecule has 0 saturated carbocycles. The van der Waals surface area contributed by atoms with Crippen LogP contribution in [0, 0.1) is 6.92 Å². The molecule has 0 aliphatic heterocycles. The summed E-state index contributed by atoms with van der Waals surface area (Å²) in [5, 5.41) is 31.0. The molecule has 2 N–H and O–H groups in total. The van der Waals surface area contributed by atoms with Gasteiger partial charge in [-0.3, -0.25) is 0 Å². The number of benzene rings is 5. The van der Waals surface area contributed by atoms with E-state index in [2.05, 4.69) is 25.8 Å². The minimum atomic E-state index is -5.09. The quantitative estimate of drug-likeness (QED) is 0.129. The molecule has 0 radical (unpaired) electrons. The van der Waals surface area contributed by atoms with Crippen molar-refractivity contribution in [2.45, 2.75) is 16.7 Å². The van der Waals surface area contributed by atoms with Crippen LogP contribution in [0.2, 0.25) is 0 Å². The Bertz CT molecular complexity index is 2200. The van der Waals surface area contributed by atoms with E-state index in [-0.39, 0.29) is 87.0 Å². The van der Waals surface area contributed by atoms with Gasteiger partial charge in [-0.25, -0.2) is 16.8 Å². The van der Waals surface area contributed by atoms with Gasteiger partial charge in [0, 0.05) is 22.8 Å². The number of ether oxygens (including phenoxy) is 1. The van der Waals surface area contributed by atoms with Crippen molar-refractivity contribution in [2.75, 3.05) is 12.4 Å². The molecule has 0 unspecified atom stereocenters. The number of hydrogen-bond acceptors (Lipinski definition) is 13. The Balaban J connectivity index is 0.00000300. The summed E-state index contributed by atoms with van der Waals surface area (Å²) in [6, 6.07) is 23.1. The maximum absolute atomic E-state index is 12.2. The molecule has 47 heavy (non-hydrogen) atoms.